The molecule has 1 aliphatic heterocycles. The molecule has 0 amide bonds. The second kappa shape index (κ2) is 6.93. The molecule has 1 aliphatic carbocycles. The number of aryl methyl sites for hydroxylation is 1. The summed E-state index contributed by atoms with van der Waals surface area (Å²) in [6.07, 6.45) is 12.0. The van der Waals surface area contributed by atoms with Crippen LogP contribution in [0.3, 0.4) is 0 Å². The van der Waals surface area contributed by atoms with Gasteiger partial charge in [-0.2, -0.15) is 5.10 Å². The lowest BCUT2D eigenvalue weighted by atomic mass is 9.74. The van der Waals surface area contributed by atoms with Crippen molar-refractivity contribution in [2.45, 2.75) is 25.8 Å². The van der Waals surface area contributed by atoms with E-state index in [0.29, 0.717) is 0 Å². The molecule has 0 unspecified atom stereocenters. The lowest BCUT2D eigenvalue weighted by Gasteiger charge is -2.33. The molecule has 1 saturated heterocycles. The molecule has 0 bridgehead atoms. The van der Waals surface area contributed by atoms with E-state index in [4.69, 9.17) is 0 Å². The molecule has 4 rings (SSSR count). The van der Waals surface area contributed by atoms with E-state index in [1.165, 1.54) is 43.6 Å². The summed E-state index contributed by atoms with van der Waals surface area (Å²) in [6.45, 7) is 4.63. The van der Waals surface area contributed by atoms with Crippen LogP contribution in [0.15, 0.2) is 36.9 Å². The van der Waals surface area contributed by atoms with Crippen LogP contribution in [0.4, 0.5) is 5.69 Å². The van der Waals surface area contributed by atoms with Crippen molar-refractivity contribution in [3.63, 3.8) is 0 Å². The normalized spacial score (nSPS) is 27.1. The first-order valence-electron chi connectivity index (χ1n) is 9.12. The van der Waals surface area contributed by atoms with Gasteiger partial charge >= 0.3 is 0 Å². The van der Waals surface area contributed by atoms with Gasteiger partial charge in [0, 0.05) is 63.1 Å². The summed E-state index contributed by atoms with van der Waals surface area (Å²) in [5, 5.41) is 7.93. The second-order valence-electron chi connectivity index (χ2n) is 7.45. The average Bonchev–Trinajstić information content (AvgIpc) is 3.20. The monoisotopic (exact) mass is 325 g/mol. The molecule has 2 aromatic heterocycles. The molecule has 24 heavy (non-hydrogen) atoms. The summed E-state index contributed by atoms with van der Waals surface area (Å²) in [7, 11) is 1.99. The van der Waals surface area contributed by atoms with Gasteiger partial charge in [-0.25, -0.2) is 0 Å². The first kappa shape index (κ1) is 15.6. The highest BCUT2D eigenvalue weighted by Crippen LogP contribution is 2.40. The van der Waals surface area contributed by atoms with Crippen molar-refractivity contribution in [1.82, 2.24) is 19.7 Å². The second-order valence-corrected chi connectivity index (χ2v) is 7.45. The van der Waals surface area contributed by atoms with Crippen molar-refractivity contribution in [1.29, 1.82) is 0 Å². The van der Waals surface area contributed by atoms with Crippen LogP contribution in [-0.4, -0.2) is 39.3 Å². The number of likely N-dealkylation sites (tertiary alicyclic amines) is 1. The molecule has 3 atom stereocenters. The highest BCUT2D eigenvalue weighted by Gasteiger charge is 2.39. The third kappa shape index (κ3) is 3.46. The number of nitrogens with one attached hydrogen (secondary N) is 1. The van der Waals surface area contributed by atoms with E-state index in [1.54, 1.807) is 0 Å². The van der Waals surface area contributed by atoms with Crippen LogP contribution in [0.25, 0.3) is 0 Å². The zero-order valence-electron chi connectivity index (χ0n) is 14.4. The van der Waals surface area contributed by atoms with Crippen LogP contribution in [0, 0.1) is 17.8 Å². The van der Waals surface area contributed by atoms with Crippen LogP contribution < -0.4 is 5.32 Å². The Morgan fingerprint density at radius 3 is 2.88 bits per heavy atom. The van der Waals surface area contributed by atoms with E-state index in [2.05, 4.69) is 38.6 Å². The quantitative estimate of drug-likeness (QED) is 0.918. The van der Waals surface area contributed by atoms with Gasteiger partial charge < -0.3 is 5.32 Å². The molecule has 5 heteroatoms. The van der Waals surface area contributed by atoms with E-state index in [9.17, 15) is 0 Å². The molecule has 0 radical (unpaired) electrons. The molecule has 2 fully saturated rings. The number of aromatic nitrogens is 3. The Morgan fingerprint density at radius 2 is 2.08 bits per heavy atom. The number of pyridine rings is 1. The van der Waals surface area contributed by atoms with Gasteiger partial charge in [-0.05, 0) is 42.7 Å². The minimum atomic E-state index is 0.788. The molecule has 2 aromatic rings. The van der Waals surface area contributed by atoms with Crippen LogP contribution in [0.2, 0.25) is 0 Å². The third-order valence-electron chi connectivity index (χ3n) is 5.74. The van der Waals surface area contributed by atoms with E-state index < -0.39 is 0 Å². The highest BCUT2D eigenvalue weighted by atomic mass is 15.2. The first-order chi connectivity index (χ1) is 11.8. The maximum atomic E-state index is 4.30. The molecule has 0 spiro atoms. The zero-order valence-corrected chi connectivity index (χ0v) is 14.4. The fourth-order valence-corrected chi connectivity index (χ4v) is 4.60. The van der Waals surface area contributed by atoms with Crippen molar-refractivity contribution in [2.24, 2.45) is 24.8 Å². The number of rotatable bonds is 5. The Bertz CT molecular complexity index is 653. The summed E-state index contributed by atoms with van der Waals surface area (Å²) in [5.74, 6) is 2.50. The molecule has 1 saturated carbocycles. The molecule has 128 valence electrons. The number of nitrogens with zero attached hydrogens (tertiary/aromatic N) is 4. The molecule has 5 nitrogen and oxygen atoms in total. The van der Waals surface area contributed by atoms with Gasteiger partial charge in [0.1, 0.15) is 0 Å². The average molecular weight is 325 g/mol. The summed E-state index contributed by atoms with van der Waals surface area (Å²) in [5.41, 5.74) is 2.53. The fraction of sp³-hybridized carbons (Fsp3) is 0.579. The zero-order chi connectivity index (χ0) is 16.4. The highest BCUT2D eigenvalue weighted by molar-refractivity contribution is 5.40. The number of fused-ring (bicyclic) bond motifs is 1. The number of hydrogen-bond acceptors (Lipinski definition) is 4. The predicted molar refractivity (Wildman–Crippen MR) is 95.5 cm³/mol. The summed E-state index contributed by atoms with van der Waals surface area (Å²) in [4.78, 5) is 6.73. The Labute approximate surface area is 144 Å². The minimum Gasteiger partial charge on any atom is -0.385 e. The molecule has 2 aliphatic rings. The number of anilines is 1. The van der Waals surface area contributed by atoms with E-state index in [1.807, 2.05) is 30.3 Å². The van der Waals surface area contributed by atoms with E-state index >= 15 is 0 Å². The van der Waals surface area contributed by atoms with Gasteiger partial charge in [-0.15, -0.1) is 0 Å². The van der Waals surface area contributed by atoms with E-state index in [0.717, 1.165) is 30.8 Å². The lowest BCUT2D eigenvalue weighted by Crippen LogP contribution is -2.32. The third-order valence-corrected chi connectivity index (χ3v) is 5.74. The summed E-state index contributed by atoms with van der Waals surface area (Å²) >= 11 is 0. The maximum absolute atomic E-state index is 4.30. The standard InChI is InChI=1S/C19H27N5/c1-23-11-15(9-22-23)12-24-13-17-4-2-3-16(19(17)14-24)10-21-18-5-7-20-8-6-18/h5-9,11,16-17,19H,2-4,10,12-14H2,1H3,(H,20,21)/t16-,17+,19+/m1/s1. The number of hydrogen-bond donors (Lipinski definition) is 1. The van der Waals surface area contributed by atoms with Crippen molar-refractivity contribution in [3.8, 4) is 0 Å². The van der Waals surface area contributed by atoms with Crippen molar-refractivity contribution in [3.05, 3.63) is 42.5 Å². The van der Waals surface area contributed by atoms with Crippen LogP contribution in [-0.2, 0) is 13.6 Å². The Morgan fingerprint density at radius 1 is 1.21 bits per heavy atom. The Balaban J connectivity index is 1.35. The largest absolute Gasteiger partial charge is 0.385 e. The lowest BCUT2D eigenvalue weighted by molar-refractivity contribution is 0.207. The van der Waals surface area contributed by atoms with Gasteiger partial charge in [0.2, 0.25) is 0 Å². The molecular formula is C19H27N5. The Kier molecular flexibility index (Phi) is 4.52. The smallest absolute Gasteiger partial charge is 0.0534 e. The van der Waals surface area contributed by atoms with Gasteiger partial charge in [-0.3, -0.25) is 14.6 Å². The first-order valence-corrected chi connectivity index (χ1v) is 9.12. The van der Waals surface area contributed by atoms with Crippen LogP contribution in [0.1, 0.15) is 24.8 Å². The van der Waals surface area contributed by atoms with Crippen LogP contribution in [0.5, 0.6) is 0 Å². The molecule has 1 N–H and O–H groups in total. The van der Waals surface area contributed by atoms with E-state index in [-0.39, 0.29) is 0 Å². The fourth-order valence-electron chi connectivity index (χ4n) is 4.60. The SMILES string of the molecule is Cn1cc(CN2C[C@@H]3CCC[C@H](CNc4ccncc4)[C@@H]3C2)cn1. The van der Waals surface area contributed by atoms with Crippen molar-refractivity contribution < 1.29 is 0 Å². The van der Waals surface area contributed by atoms with Crippen molar-refractivity contribution >= 4 is 5.69 Å². The molecule has 0 aromatic carbocycles. The van der Waals surface area contributed by atoms with Gasteiger partial charge in [0.15, 0.2) is 0 Å². The molecule has 3 heterocycles. The molecular weight excluding hydrogens is 298 g/mol. The van der Waals surface area contributed by atoms with Gasteiger partial charge in [-0.1, -0.05) is 6.42 Å². The van der Waals surface area contributed by atoms with Crippen molar-refractivity contribution in [2.75, 3.05) is 25.0 Å². The predicted octanol–water partition coefficient (Wildman–Crippen LogP) is 2.78. The van der Waals surface area contributed by atoms with Gasteiger partial charge in [0.25, 0.3) is 0 Å². The Hall–Kier alpha value is -1.88. The summed E-state index contributed by atoms with van der Waals surface area (Å²) in [6, 6.07) is 4.12. The van der Waals surface area contributed by atoms with Crippen LogP contribution >= 0.6 is 0 Å². The minimum absolute atomic E-state index is 0.788. The van der Waals surface area contributed by atoms with Gasteiger partial charge in [0.05, 0.1) is 6.20 Å². The maximum Gasteiger partial charge on any atom is 0.0534 e. The summed E-state index contributed by atoms with van der Waals surface area (Å²) < 4.78 is 1.90. The topological polar surface area (TPSA) is 46.0 Å².